The van der Waals surface area contributed by atoms with Gasteiger partial charge in [-0.15, -0.1) is 0 Å². The fraction of sp³-hybridized carbons (Fsp3) is 0.538. The van der Waals surface area contributed by atoms with Crippen molar-refractivity contribution in [2.45, 2.75) is 39.5 Å². The van der Waals surface area contributed by atoms with Gasteiger partial charge >= 0.3 is 0 Å². The molecule has 1 aromatic rings. The van der Waals surface area contributed by atoms with Crippen molar-refractivity contribution in [1.29, 1.82) is 0 Å². The summed E-state index contributed by atoms with van der Waals surface area (Å²) in [4.78, 5) is 0. The molecule has 0 saturated carbocycles. The molecule has 0 aliphatic heterocycles. The fourth-order valence-electron chi connectivity index (χ4n) is 1.68. The lowest BCUT2D eigenvalue weighted by molar-refractivity contribution is 0.685. The molecule has 1 aliphatic rings. The Morgan fingerprint density at radius 2 is 1.21 bits per heavy atom. The predicted octanol–water partition coefficient (Wildman–Crippen LogP) is 3.17. The quantitative estimate of drug-likeness (QED) is 0.673. The average Bonchev–Trinajstić information content (AvgIpc) is 2.34. The SMILES string of the molecule is CC.CN.c1ccc2c(c1)CCCC2. The van der Waals surface area contributed by atoms with Crippen LogP contribution in [-0.2, 0) is 12.8 Å². The lowest BCUT2D eigenvalue weighted by atomic mass is 9.92. The van der Waals surface area contributed by atoms with Gasteiger partial charge in [-0.2, -0.15) is 0 Å². The molecule has 1 nitrogen and oxygen atoms in total. The second-order valence-corrected chi connectivity index (χ2v) is 2.98. The van der Waals surface area contributed by atoms with Crippen LogP contribution in [0.5, 0.6) is 0 Å². The van der Waals surface area contributed by atoms with Gasteiger partial charge in [0.05, 0.1) is 0 Å². The molecule has 0 bridgehead atoms. The van der Waals surface area contributed by atoms with Crippen LogP contribution in [0.4, 0.5) is 0 Å². The minimum absolute atomic E-state index is 1.30. The van der Waals surface area contributed by atoms with E-state index < -0.39 is 0 Å². The zero-order valence-corrected chi connectivity index (χ0v) is 9.72. The third-order valence-corrected chi connectivity index (χ3v) is 2.26. The maximum Gasteiger partial charge on any atom is -0.0195 e. The molecular weight excluding hydrogens is 170 g/mol. The number of hydrogen-bond donors (Lipinski definition) is 1. The van der Waals surface area contributed by atoms with E-state index in [2.05, 4.69) is 30.0 Å². The van der Waals surface area contributed by atoms with Crippen molar-refractivity contribution in [3.05, 3.63) is 35.4 Å². The van der Waals surface area contributed by atoms with Gasteiger partial charge in [-0.25, -0.2) is 0 Å². The molecule has 1 aromatic carbocycles. The first-order chi connectivity index (χ1) is 6.97. The maximum atomic E-state index is 4.50. The van der Waals surface area contributed by atoms with Gasteiger partial charge in [0.15, 0.2) is 0 Å². The molecule has 80 valence electrons. The summed E-state index contributed by atoms with van der Waals surface area (Å²) in [5, 5.41) is 0. The smallest absolute Gasteiger partial charge is 0.0195 e. The number of rotatable bonds is 0. The van der Waals surface area contributed by atoms with Crippen molar-refractivity contribution in [2.24, 2.45) is 5.73 Å². The van der Waals surface area contributed by atoms with E-state index in [1.807, 2.05) is 13.8 Å². The normalized spacial score (nSPS) is 12.6. The highest BCUT2D eigenvalue weighted by Gasteiger charge is 2.05. The first-order valence-corrected chi connectivity index (χ1v) is 5.61. The van der Waals surface area contributed by atoms with Gasteiger partial charge in [-0.05, 0) is 43.9 Å². The second-order valence-electron chi connectivity index (χ2n) is 2.98. The Hall–Kier alpha value is -0.820. The Kier molecular flexibility index (Phi) is 8.25. The lowest BCUT2D eigenvalue weighted by Gasteiger charge is -2.13. The standard InChI is InChI=1S/C10H12.C2H6.CH5N/c1-2-6-10-8-4-3-7-9(10)5-1;2*1-2/h1-2,5-6H,3-4,7-8H2;1-2H3;2H2,1H3. The van der Waals surface area contributed by atoms with E-state index in [1.165, 1.54) is 32.7 Å². The Bertz CT molecular complexity index is 205. The molecular formula is C13H23N. The zero-order chi connectivity index (χ0) is 10.8. The first kappa shape index (κ1) is 13.2. The molecule has 1 aliphatic carbocycles. The summed E-state index contributed by atoms with van der Waals surface area (Å²) in [6, 6.07) is 8.80. The van der Waals surface area contributed by atoms with Gasteiger partial charge in [-0.3, -0.25) is 0 Å². The highest BCUT2D eigenvalue weighted by atomic mass is 14.4. The average molecular weight is 193 g/mol. The first-order valence-electron chi connectivity index (χ1n) is 5.61. The van der Waals surface area contributed by atoms with Crippen LogP contribution >= 0.6 is 0 Å². The molecule has 0 unspecified atom stereocenters. The van der Waals surface area contributed by atoms with Crippen molar-refractivity contribution in [3.8, 4) is 0 Å². The van der Waals surface area contributed by atoms with E-state index in [1.54, 1.807) is 11.1 Å². The molecule has 0 aromatic heterocycles. The Morgan fingerprint density at radius 1 is 0.857 bits per heavy atom. The van der Waals surface area contributed by atoms with E-state index in [0.717, 1.165) is 0 Å². The molecule has 0 fully saturated rings. The van der Waals surface area contributed by atoms with Gasteiger partial charge in [0.2, 0.25) is 0 Å². The summed E-state index contributed by atoms with van der Waals surface area (Å²) in [6.07, 6.45) is 5.38. The van der Waals surface area contributed by atoms with Crippen LogP contribution in [0, 0.1) is 0 Å². The van der Waals surface area contributed by atoms with Gasteiger partial charge in [-0.1, -0.05) is 38.1 Å². The minimum Gasteiger partial charge on any atom is -0.333 e. The van der Waals surface area contributed by atoms with Crippen LogP contribution in [0.2, 0.25) is 0 Å². The second kappa shape index (κ2) is 8.76. The number of aryl methyl sites for hydroxylation is 2. The molecule has 14 heavy (non-hydrogen) atoms. The lowest BCUT2D eigenvalue weighted by Crippen LogP contribution is -2.00. The van der Waals surface area contributed by atoms with Gasteiger partial charge < -0.3 is 5.73 Å². The summed E-state index contributed by atoms with van der Waals surface area (Å²) in [6.45, 7) is 4.00. The monoisotopic (exact) mass is 193 g/mol. The Morgan fingerprint density at radius 3 is 1.57 bits per heavy atom. The highest BCUT2D eigenvalue weighted by molar-refractivity contribution is 5.28. The third-order valence-electron chi connectivity index (χ3n) is 2.26. The predicted molar refractivity (Wildman–Crippen MR) is 64.5 cm³/mol. The summed E-state index contributed by atoms with van der Waals surface area (Å²) in [5.74, 6) is 0. The molecule has 1 heteroatoms. The molecule has 0 atom stereocenters. The maximum absolute atomic E-state index is 4.50. The van der Waals surface area contributed by atoms with E-state index in [4.69, 9.17) is 0 Å². The molecule has 0 saturated heterocycles. The molecule has 0 amide bonds. The molecule has 2 rings (SSSR count). The molecule has 0 spiro atoms. The van der Waals surface area contributed by atoms with Crippen LogP contribution in [0.3, 0.4) is 0 Å². The minimum atomic E-state index is 1.30. The van der Waals surface area contributed by atoms with E-state index in [0.29, 0.717) is 0 Å². The number of hydrogen-bond acceptors (Lipinski definition) is 1. The van der Waals surface area contributed by atoms with Crippen LogP contribution in [0.25, 0.3) is 0 Å². The number of benzene rings is 1. The van der Waals surface area contributed by atoms with E-state index >= 15 is 0 Å². The summed E-state index contributed by atoms with van der Waals surface area (Å²) < 4.78 is 0. The van der Waals surface area contributed by atoms with Crippen molar-refractivity contribution in [3.63, 3.8) is 0 Å². The number of nitrogens with two attached hydrogens (primary N) is 1. The van der Waals surface area contributed by atoms with Gasteiger partial charge in [0.25, 0.3) is 0 Å². The Labute approximate surface area is 88.3 Å². The van der Waals surface area contributed by atoms with Crippen molar-refractivity contribution in [2.75, 3.05) is 7.05 Å². The molecule has 0 radical (unpaired) electrons. The van der Waals surface area contributed by atoms with Crippen molar-refractivity contribution >= 4 is 0 Å². The Balaban J connectivity index is 0.000000379. The van der Waals surface area contributed by atoms with Crippen molar-refractivity contribution < 1.29 is 0 Å². The van der Waals surface area contributed by atoms with Crippen LogP contribution in [-0.4, -0.2) is 7.05 Å². The van der Waals surface area contributed by atoms with Gasteiger partial charge in [0.1, 0.15) is 0 Å². The third kappa shape index (κ3) is 3.93. The van der Waals surface area contributed by atoms with Crippen molar-refractivity contribution in [1.82, 2.24) is 0 Å². The van der Waals surface area contributed by atoms with Crippen LogP contribution in [0.15, 0.2) is 24.3 Å². The van der Waals surface area contributed by atoms with Gasteiger partial charge in [0, 0.05) is 0 Å². The molecule has 0 heterocycles. The van der Waals surface area contributed by atoms with E-state index in [9.17, 15) is 0 Å². The highest BCUT2D eigenvalue weighted by Crippen LogP contribution is 2.19. The topological polar surface area (TPSA) is 26.0 Å². The summed E-state index contributed by atoms with van der Waals surface area (Å²) >= 11 is 0. The zero-order valence-electron chi connectivity index (χ0n) is 9.72. The van der Waals surface area contributed by atoms with Crippen LogP contribution in [0.1, 0.15) is 37.8 Å². The van der Waals surface area contributed by atoms with E-state index in [-0.39, 0.29) is 0 Å². The largest absolute Gasteiger partial charge is 0.333 e. The summed E-state index contributed by atoms with van der Waals surface area (Å²) in [7, 11) is 1.50. The summed E-state index contributed by atoms with van der Waals surface area (Å²) in [5.41, 5.74) is 7.66. The number of fused-ring (bicyclic) bond motifs is 1. The van der Waals surface area contributed by atoms with Crippen LogP contribution < -0.4 is 5.73 Å². The molecule has 2 N–H and O–H groups in total. The fourth-order valence-corrected chi connectivity index (χ4v) is 1.68.